The number of carbonyl (C=O) groups excluding carboxylic acids is 2. The van der Waals surface area contributed by atoms with E-state index in [0.717, 1.165) is 11.1 Å². The van der Waals surface area contributed by atoms with E-state index in [2.05, 4.69) is 5.32 Å². The molecule has 0 heterocycles. The van der Waals surface area contributed by atoms with Crippen LogP contribution < -0.4 is 14.8 Å². The third-order valence-electron chi connectivity index (χ3n) is 3.80. The summed E-state index contributed by atoms with van der Waals surface area (Å²) < 4.78 is 16.0. The van der Waals surface area contributed by atoms with Gasteiger partial charge in [0.15, 0.2) is 6.61 Å². The van der Waals surface area contributed by atoms with Gasteiger partial charge < -0.3 is 19.5 Å². The third-order valence-corrected chi connectivity index (χ3v) is 3.80. The second-order valence-electron chi connectivity index (χ2n) is 5.84. The van der Waals surface area contributed by atoms with E-state index in [9.17, 15) is 9.59 Å². The van der Waals surface area contributed by atoms with Crippen LogP contribution in [0, 0.1) is 6.92 Å². The van der Waals surface area contributed by atoms with Crippen molar-refractivity contribution < 1.29 is 23.8 Å². The molecule has 6 heteroatoms. The Balaban J connectivity index is 1.93. The summed E-state index contributed by atoms with van der Waals surface area (Å²) in [5, 5.41) is 2.70. The van der Waals surface area contributed by atoms with Crippen molar-refractivity contribution in [3.8, 4) is 11.5 Å². The molecule has 0 atom stereocenters. The van der Waals surface area contributed by atoms with Gasteiger partial charge in [-0.1, -0.05) is 24.3 Å². The van der Waals surface area contributed by atoms with Crippen LogP contribution in [0.15, 0.2) is 42.5 Å². The zero-order valence-corrected chi connectivity index (χ0v) is 15.9. The first-order valence-electron chi connectivity index (χ1n) is 8.93. The molecule has 2 rings (SSSR count). The van der Waals surface area contributed by atoms with E-state index in [1.165, 1.54) is 0 Å². The maximum atomic E-state index is 12.2. The average Bonchev–Trinajstić information content (AvgIpc) is 2.64. The van der Waals surface area contributed by atoms with Gasteiger partial charge in [-0.25, -0.2) is 0 Å². The molecule has 0 saturated carbocycles. The number of hydrogen-bond acceptors (Lipinski definition) is 5. The quantitative estimate of drug-likeness (QED) is 0.683. The molecule has 0 saturated heterocycles. The Morgan fingerprint density at radius 3 is 2.44 bits per heavy atom. The molecule has 27 heavy (non-hydrogen) atoms. The van der Waals surface area contributed by atoms with E-state index in [1.54, 1.807) is 18.2 Å². The van der Waals surface area contributed by atoms with E-state index in [-0.39, 0.29) is 13.0 Å². The van der Waals surface area contributed by atoms with E-state index in [1.807, 2.05) is 45.0 Å². The molecule has 1 amide bonds. The van der Waals surface area contributed by atoms with Crippen molar-refractivity contribution in [1.82, 2.24) is 0 Å². The number of nitrogens with one attached hydrogen (secondary N) is 1. The van der Waals surface area contributed by atoms with Crippen LogP contribution in [-0.2, 0) is 20.7 Å². The lowest BCUT2D eigenvalue weighted by Gasteiger charge is -2.13. The van der Waals surface area contributed by atoms with Crippen molar-refractivity contribution >= 4 is 17.6 Å². The number of carbonyl (C=O) groups is 2. The molecule has 2 aromatic rings. The number of aryl methyl sites for hydroxylation is 1. The second kappa shape index (κ2) is 10.2. The molecule has 6 nitrogen and oxygen atoms in total. The van der Waals surface area contributed by atoms with Crippen molar-refractivity contribution in [2.24, 2.45) is 0 Å². The van der Waals surface area contributed by atoms with Crippen molar-refractivity contribution in [2.75, 3.05) is 25.1 Å². The molecule has 0 aliphatic rings. The monoisotopic (exact) mass is 371 g/mol. The molecular formula is C21H25NO5. The highest BCUT2D eigenvalue weighted by Crippen LogP contribution is 2.29. The highest BCUT2D eigenvalue weighted by atomic mass is 16.5. The van der Waals surface area contributed by atoms with Crippen LogP contribution in [0.4, 0.5) is 5.69 Å². The molecule has 0 aromatic heterocycles. The van der Waals surface area contributed by atoms with Gasteiger partial charge in [0.25, 0.3) is 5.91 Å². The summed E-state index contributed by atoms with van der Waals surface area (Å²) in [5.41, 5.74) is 2.36. The van der Waals surface area contributed by atoms with Crippen LogP contribution >= 0.6 is 0 Å². The smallest absolute Gasteiger partial charge is 0.310 e. The number of ether oxygens (including phenoxy) is 3. The molecule has 144 valence electrons. The fraction of sp³-hybridized carbons (Fsp3) is 0.333. The van der Waals surface area contributed by atoms with Gasteiger partial charge in [-0.3, -0.25) is 9.59 Å². The van der Waals surface area contributed by atoms with Crippen LogP contribution in [0.25, 0.3) is 0 Å². The lowest BCUT2D eigenvalue weighted by molar-refractivity contribution is -0.146. The van der Waals surface area contributed by atoms with Crippen molar-refractivity contribution in [3.63, 3.8) is 0 Å². The number of rotatable bonds is 9. The largest absolute Gasteiger partial charge is 0.494 e. The maximum Gasteiger partial charge on any atom is 0.310 e. The summed E-state index contributed by atoms with van der Waals surface area (Å²) in [6, 6.07) is 12.7. The first-order chi connectivity index (χ1) is 13.0. The summed E-state index contributed by atoms with van der Waals surface area (Å²) >= 11 is 0. The average molecular weight is 371 g/mol. The minimum absolute atomic E-state index is 0.129. The highest BCUT2D eigenvalue weighted by molar-refractivity contribution is 5.94. The topological polar surface area (TPSA) is 73.9 Å². The Morgan fingerprint density at radius 2 is 1.74 bits per heavy atom. The maximum absolute atomic E-state index is 12.2. The molecule has 1 N–H and O–H groups in total. The molecule has 2 aromatic carbocycles. The Bertz CT molecular complexity index is 788. The predicted octanol–water partition coefficient (Wildman–Crippen LogP) is 3.52. The number of amides is 1. The van der Waals surface area contributed by atoms with Crippen molar-refractivity contribution in [1.29, 1.82) is 0 Å². The molecule has 0 spiro atoms. The lowest BCUT2D eigenvalue weighted by atomic mass is 10.1. The zero-order chi connectivity index (χ0) is 19.6. The van der Waals surface area contributed by atoms with E-state index < -0.39 is 11.9 Å². The van der Waals surface area contributed by atoms with Crippen LogP contribution in [0.1, 0.15) is 25.0 Å². The first-order valence-corrected chi connectivity index (χ1v) is 8.93. The van der Waals surface area contributed by atoms with E-state index >= 15 is 0 Å². The molecule has 0 aliphatic heterocycles. The van der Waals surface area contributed by atoms with Crippen LogP contribution in [0.3, 0.4) is 0 Å². The van der Waals surface area contributed by atoms with Gasteiger partial charge in [0.1, 0.15) is 11.5 Å². The molecule has 0 fully saturated rings. The molecular weight excluding hydrogens is 346 g/mol. The summed E-state index contributed by atoms with van der Waals surface area (Å²) in [4.78, 5) is 24.2. The Labute approximate surface area is 159 Å². The van der Waals surface area contributed by atoms with Crippen LogP contribution in [0.5, 0.6) is 11.5 Å². The lowest BCUT2D eigenvalue weighted by Crippen LogP contribution is -2.22. The number of anilines is 1. The van der Waals surface area contributed by atoms with Gasteiger partial charge in [-0.05, 0) is 44.0 Å². The minimum Gasteiger partial charge on any atom is -0.494 e. The van der Waals surface area contributed by atoms with E-state index in [4.69, 9.17) is 14.2 Å². The summed E-state index contributed by atoms with van der Waals surface area (Å²) in [6.45, 7) is 6.27. The normalized spacial score (nSPS) is 10.2. The summed E-state index contributed by atoms with van der Waals surface area (Å²) in [6.07, 6.45) is 0.129. The van der Waals surface area contributed by atoms with Crippen LogP contribution in [-0.4, -0.2) is 31.7 Å². The zero-order valence-electron chi connectivity index (χ0n) is 15.9. The molecule has 0 aliphatic carbocycles. The van der Waals surface area contributed by atoms with Gasteiger partial charge in [0.05, 0.1) is 25.3 Å². The number of esters is 1. The fourth-order valence-electron chi connectivity index (χ4n) is 2.49. The van der Waals surface area contributed by atoms with E-state index in [0.29, 0.717) is 30.4 Å². The molecule has 0 bridgehead atoms. The fourth-order valence-corrected chi connectivity index (χ4v) is 2.49. The minimum atomic E-state index is -0.451. The van der Waals surface area contributed by atoms with Crippen molar-refractivity contribution in [2.45, 2.75) is 27.2 Å². The summed E-state index contributed by atoms with van der Waals surface area (Å²) in [5.74, 6) is 0.253. The Hall–Kier alpha value is -3.02. The highest BCUT2D eigenvalue weighted by Gasteiger charge is 2.13. The van der Waals surface area contributed by atoms with Gasteiger partial charge >= 0.3 is 5.97 Å². The summed E-state index contributed by atoms with van der Waals surface area (Å²) in [7, 11) is 0. The number of benzene rings is 2. The van der Waals surface area contributed by atoms with Crippen LogP contribution in [0.2, 0.25) is 0 Å². The van der Waals surface area contributed by atoms with Gasteiger partial charge in [0, 0.05) is 6.07 Å². The first kappa shape index (κ1) is 20.3. The van der Waals surface area contributed by atoms with Gasteiger partial charge in [0.2, 0.25) is 0 Å². The standard InChI is InChI=1S/C21H25NO5/c1-4-25-17-10-11-19(26-5-2)18(13-17)22-20(23)14-27-21(24)12-16-9-7-6-8-15(16)3/h6-11,13H,4-5,12,14H2,1-3H3,(H,22,23). The third kappa shape index (κ3) is 6.33. The Kier molecular flexibility index (Phi) is 7.67. The van der Waals surface area contributed by atoms with Crippen molar-refractivity contribution in [3.05, 3.63) is 53.6 Å². The molecule has 0 radical (unpaired) electrons. The SMILES string of the molecule is CCOc1ccc(OCC)c(NC(=O)COC(=O)Cc2ccccc2C)c1. The molecule has 0 unspecified atom stereocenters. The number of hydrogen-bond donors (Lipinski definition) is 1. The second-order valence-corrected chi connectivity index (χ2v) is 5.84. The Morgan fingerprint density at radius 1 is 1.00 bits per heavy atom. The van der Waals surface area contributed by atoms with Gasteiger partial charge in [-0.15, -0.1) is 0 Å². The predicted molar refractivity (Wildman–Crippen MR) is 103 cm³/mol. The van der Waals surface area contributed by atoms with Gasteiger partial charge in [-0.2, -0.15) is 0 Å².